The number of rotatable bonds is 4. The molecule has 0 aromatic carbocycles. The maximum absolute atomic E-state index is 6.00. The van der Waals surface area contributed by atoms with Crippen LogP contribution in [0.2, 0.25) is 0 Å². The van der Waals surface area contributed by atoms with Gasteiger partial charge in [0.15, 0.2) is 0 Å². The third-order valence-electron chi connectivity index (χ3n) is 3.55. The Morgan fingerprint density at radius 1 is 1.57 bits per heavy atom. The van der Waals surface area contributed by atoms with Crippen LogP contribution in [0.3, 0.4) is 0 Å². The van der Waals surface area contributed by atoms with E-state index < -0.39 is 0 Å². The van der Waals surface area contributed by atoms with Crippen molar-refractivity contribution in [1.82, 2.24) is 4.90 Å². The summed E-state index contributed by atoms with van der Waals surface area (Å²) in [5.41, 5.74) is 6.27. The van der Waals surface area contributed by atoms with Gasteiger partial charge in [-0.15, -0.1) is 0 Å². The number of thioether (sulfide) groups is 1. The van der Waals surface area contributed by atoms with E-state index in [0.717, 1.165) is 6.54 Å². The maximum Gasteiger partial charge on any atom is 0.0444 e. The Morgan fingerprint density at radius 3 is 2.79 bits per heavy atom. The van der Waals surface area contributed by atoms with Crippen LogP contribution in [0.15, 0.2) is 0 Å². The second kappa shape index (κ2) is 5.38. The molecule has 0 radical (unpaired) electrons. The van der Waals surface area contributed by atoms with Gasteiger partial charge in [0, 0.05) is 17.3 Å². The first kappa shape index (κ1) is 12.3. The molecule has 0 bridgehead atoms. The van der Waals surface area contributed by atoms with Crippen LogP contribution in [0.25, 0.3) is 0 Å². The molecule has 14 heavy (non-hydrogen) atoms. The molecule has 0 aromatic rings. The van der Waals surface area contributed by atoms with Crippen LogP contribution in [0.4, 0.5) is 0 Å². The maximum atomic E-state index is 6.00. The molecule has 0 amide bonds. The first-order valence-corrected chi connectivity index (χ1v) is 6.75. The highest BCUT2D eigenvalue weighted by Gasteiger charge is 2.40. The van der Waals surface area contributed by atoms with Gasteiger partial charge in [0.2, 0.25) is 0 Å². The van der Waals surface area contributed by atoms with Gasteiger partial charge in [-0.25, -0.2) is 0 Å². The summed E-state index contributed by atoms with van der Waals surface area (Å²) in [4.78, 5) is 2.49. The van der Waals surface area contributed by atoms with Crippen molar-refractivity contribution in [2.75, 3.05) is 25.9 Å². The summed E-state index contributed by atoms with van der Waals surface area (Å²) in [5.74, 6) is 1.31. The lowest BCUT2D eigenvalue weighted by molar-refractivity contribution is 0.112. The molecule has 2 nitrogen and oxygen atoms in total. The van der Waals surface area contributed by atoms with E-state index >= 15 is 0 Å². The lowest BCUT2D eigenvalue weighted by Gasteiger charge is -2.48. The number of nitrogens with zero attached hydrogens (tertiary/aromatic N) is 1. The molecule has 0 aromatic heterocycles. The minimum absolute atomic E-state index is 0.263. The van der Waals surface area contributed by atoms with Crippen LogP contribution in [0.1, 0.15) is 33.1 Å². The van der Waals surface area contributed by atoms with Crippen molar-refractivity contribution < 1.29 is 0 Å². The van der Waals surface area contributed by atoms with Gasteiger partial charge in [-0.1, -0.05) is 13.8 Å². The Bertz CT molecular complexity index is 175. The second-order valence-electron chi connectivity index (χ2n) is 4.35. The minimum atomic E-state index is 0.263. The average Bonchev–Trinajstić information content (AvgIpc) is 2.19. The summed E-state index contributed by atoms with van der Waals surface area (Å²) in [6.45, 7) is 6.55. The predicted octanol–water partition coefficient (Wildman–Crippen LogP) is 1.94. The summed E-state index contributed by atoms with van der Waals surface area (Å²) in [6.07, 6.45) is 3.81. The van der Waals surface area contributed by atoms with E-state index in [2.05, 4.69) is 37.6 Å². The Balaban J connectivity index is 2.71. The van der Waals surface area contributed by atoms with Crippen LogP contribution in [-0.2, 0) is 0 Å². The van der Waals surface area contributed by atoms with Crippen molar-refractivity contribution >= 4 is 11.8 Å². The van der Waals surface area contributed by atoms with Gasteiger partial charge >= 0.3 is 0 Å². The fourth-order valence-corrected chi connectivity index (χ4v) is 3.85. The molecule has 1 heterocycles. The van der Waals surface area contributed by atoms with Gasteiger partial charge in [-0.2, -0.15) is 11.8 Å². The summed E-state index contributed by atoms with van der Waals surface area (Å²) in [6, 6.07) is 0. The quantitative estimate of drug-likeness (QED) is 0.779. The third-order valence-corrected chi connectivity index (χ3v) is 5.01. The zero-order valence-corrected chi connectivity index (χ0v) is 10.6. The fraction of sp³-hybridized carbons (Fsp3) is 1.00. The smallest absolute Gasteiger partial charge is 0.0444 e. The van der Waals surface area contributed by atoms with E-state index in [0.29, 0.717) is 5.25 Å². The summed E-state index contributed by atoms with van der Waals surface area (Å²) in [5, 5.41) is 0.679. The number of hydrogen-bond donors (Lipinski definition) is 1. The minimum Gasteiger partial charge on any atom is -0.329 e. The van der Waals surface area contributed by atoms with Crippen molar-refractivity contribution in [2.45, 2.75) is 43.9 Å². The van der Waals surface area contributed by atoms with Crippen LogP contribution >= 0.6 is 11.8 Å². The number of nitrogens with two attached hydrogens (primary N) is 1. The van der Waals surface area contributed by atoms with Gasteiger partial charge in [0.05, 0.1) is 0 Å². The molecule has 0 spiro atoms. The highest BCUT2D eigenvalue weighted by Crippen LogP contribution is 2.37. The first-order valence-electron chi connectivity index (χ1n) is 5.70. The van der Waals surface area contributed by atoms with Crippen molar-refractivity contribution in [1.29, 1.82) is 0 Å². The summed E-state index contributed by atoms with van der Waals surface area (Å²) < 4.78 is 0. The van der Waals surface area contributed by atoms with E-state index in [1.165, 1.54) is 31.6 Å². The van der Waals surface area contributed by atoms with Gasteiger partial charge < -0.3 is 5.73 Å². The lowest BCUT2D eigenvalue weighted by Crippen LogP contribution is -2.59. The number of hydrogen-bond acceptors (Lipinski definition) is 3. The normalized spacial score (nSPS) is 33.6. The molecular formula is C11H24N2S. The van der Waals surface area contributed by atoms with E-state index in [1.807, 2.05) is 0 Å². The van der Waals surface area contributed by atoms with E-state index in [1.54, 1.807) is 0 Å². The van der Waals surface area contributed by atoms with Gasteiger partial charge in [-0.05, 0) is 38.6 Å². The average molecular weight is 216 g/mol. The Morgan fingerprint density at radius 2 is 2.29 bits per heavy atom. The highest BCUT2D eigenvalue weighted by atomic mass is 32.2. The largest absolute Gasteiger partial charge is 0.329 e. The molecule has 1 aliphatic heterocycles. The first-order chi connectivity index (χ1) is 6.67. The molecule has 3 heteroatoms. The lowest BCUT2D eigenvalue weighted by atomic mass is 9.87. The molecule has 2 unspecified atom stereocenters. The molecule has 2 N–H and O–H groups in total. The second-order valence-corrected chi connectivity index (χ2v) is 5.79. The predicted molar refractivity (Wildman–Crippen MR) is 65.9 cm³/mol. The molecule has 0 saturated carbocycles. The third kappa shape index (κ3) is 2.26. The van der Waals surface area contributed by atoms with E-state index in [9.17, 15) is 0 Å². The van der Waals surface area contributed by atoms with Crippen LogP contribution in [-0.4, -0.2) is 41.6 Å². The van der Waals surface area contributed by atoms with Gasteiger partial charge in [-0.3, -0.25) is 4.90 Å². The molecule has 84 valence electrons. The topological polar surface area (TPSA) is 29.3 Å². The van der Waals surface area contributed by atoms with Crippen LogP contribution in [0.5, 0.6) is 0 Å². The zero-order valence-electron chi connectivity index (χ0n) is 9.75. The molecule has 0 aliphatic carbocycles. The molecule has 1 fully saturated rings. The summed E-state index contributed by atoms with van der Waals surface area (Å²) in [7, 11) is 2.23. The molecule has 1 saturated heterocycles. The Hall–Kier alpha value is 0.270. The van der Waals surface area contributed by atoms with Crippen molar-refractivity contribution in [3.8, 4) is 0 Å². The SMILES string of the molecule is CCCN(C)C1(CN)CCCSC1C. The van der Waals surface area contributed by atoms with Crippen molar-refractivity contribution in [3.05, 3.63) is 0 Å². The molecule has 1 aliphatic rings. The standard InChI is InChI=1S/C11H24N2S/c1-4-7-13(3)11(9-12)6-5-8-14-10(11)2/h10H,4-9,12H2,1-3H3. The monoisotopic (exact) mass is 216 g/mol. The Labute approximate surface area is 92.6 Å². The Kier molecular flexibility index (Phi) is 4.74. The van der Waals surface area contributed by atoms with Crippen molar-refractivity contribution in [3.63, 3.8) is 0 Å². The van der Waals surface area contributed by atoms with Gasteiger partial charge in [0.25, 0.3) is 0 Å². The van der Waals surface area contributed by atoms with Gasteiger partial charge in [0.1, 0.15) is 0 Å². The van der Waals surface area contributed by atoms with E-state index in [4.69, 9.17) is 5.73 Å². The number of likely N-dealkylation sites (N-methyl/N-ethyl adjacent to an activating group) is 1. The zero-order chi connectivity index (χ0) is 10.6. The molecule has 1 rings (SSSR count). The molecular weight excluding hydrogens is 192 g/mol. The highest BCUT2D eigenvalue weighted by molar-refractivity contribution is 8.00. The van der Waals surface area contributed by atoms with Crippen molar-refractivity contribution in [2.24, 2.45) is 5.73 Å². The molecule has 2 atom stereocenters. The fourth-order valence-electron chi connectivity index (χ4n) is 2.48. The van der Waals surface area contributed by atoms with E-state index in [-0.39, 0.29) is 5.54 Å². The van der Waals surface area contributed by atoms with Crippen LogP contribution in [0, 0.1) is 0 Å². The summed E-state index contributed by atoms with van der Waals surface area (Å²) >= 11 is 2.08. The van der Waals surface area contributed by atoms with Crippen LogP contribution < -0.4 is 5.73 Å².